The van der Waals surface area contributed by atoms with Gasteiger partial charge in [-0.15, -0.1) is 11.8 Å². The highest BCUT2D eigenvalue weighted by Gasteiger charge is 2.10. The quantitative estimate of drug-likeness (QED) is 0.415. The van der Waals surface area contributed by atoms with Crippen LogP contribution < -0.4 is 5.73 Å². The molecule has 0 aliphatic rings. The molecule has 0 atom stereocenters. The first-order valence-electron chi connectivity index (χ1n) is 6.30. The zero-order chi connectivity index (χ0) is 14.4. The maximum Gasteiger partial charge on any atom is 0.133 e. The average Bonchev–Trinajstić information content (AvgIpc) is 2.91. The fraction of sp³-hybridized carbons (Fsp3) is 0.286. The van der Waals surface area contributed by atoms with Gasteiger partial charge in [-0.3, -0.25) is 0 Å². The van der Waals surface area contributed by atoms with Crippen LogP contribution in [-0.4, -0.2) is 35.6 Å². The van der Waals surface area contributed by atoms with Crippen LogP contribution in [0.5, 0.6) is 0 Å². The number of aromatic nitrogens is 2. The Balaban J connectivity index is 2.22. The SMILES string of the molecule is CSc1ccc(-c2nc(COCCN)[nH]c2C=N)cc1. The molecule has 1 aromatic carbocycles. The third-order valence-corrected chi connectivity index (χ3v) is 3.53. The summed E-state index contributed by atoms with van der Waals surface area (Å²) in [5, 5.41) is 7.48. The van der Waals surface area contributed by atoms with E-state index in [4.69, 9.17) is 15.9 Å². The second-order valence-electron chi connectivity index (χ2n) is 4.16. The van der Waals surface area contributed by atoms with Crippen molar-refractivity contribution in [3.05, 3.63) is 35.8 Å². The Hall–Kier alpha value is -1.63. The van der Waals surface area contributed by atoms with Gasteiger partial charge in [0.15, 0.2) is 0 Å². The second-order valence-corrected chi connectivity index (χ2v) is 5.04. The van der Waals surface area contributed by atoms with E-state index in [0.29, 0.717) is 31.3 Å². The van der Waals surface area contributed by atoms with Crippen molar-refractivity contribution in [1.29, 1.82) is 5.41 Å². The van der Waals surface area contributed by atoms with Gasteiger partial charge >= 0.3 is 0 Å². The third-order valence-electron chi connectivity index (χ3n) is 2.79. The van der Waals surface area contributed by atoms with Crippen LogP contribution in [0.1, 0.15) is 11.5 Å². The monoisotopic (exact) mass is 290 g/mol. The summed E-state index contributed by atoms with van der Waals surface area (Å²) in [5.41, 5.74) is 7.83. The third kappa shape index (κ3) is 3.47. The summed E-state index contributed by atoms with van der Waals surface area (Å²) >= 11 is 1.70. The van der Waals surface area contributed by atoms with Gasteiger partial charge in [0, 0.05) is 23.2 Å². The summed E-state index contributed by atoms with van der Waals surface area (Å²) in [4.78, 5) is 8.79. The smallest absolute Gasteiger partial charge is 0.133 e. The van der Waals surface area contributed by atoms with E-state index in [1.807, 2.05) is 30.5 Å². The fourth-order valence-corrected chi connectivity index (χ4v) is 2.24. The Labute approximate surface area is 122 Å². The molecule has 1 heterocycles. The number of nitrogens with one attached hydrogen (secondary N) is 2. The van der Waals surface area contributed by atoms with E-state index in [0.717, 1.165) is 11.3 Å². The molecule has 0 bridgehead atoms. The predicted molar refractivity (Wildman–Crippen MR) is 82.4 cm³/mol. The van der Waals surface area contributed by atoms with Gasteiger partial charge < -0.3 is 20.9 Å². The zero-order valence-electron chi connectivity index (χ0n) is 11.3. The normalized spacial score (nSPS) is 10.7. The molecule has 0 fully saturated rings. The lowest BCUT2D eigenvalue weighted by molar-refractivity contribution is 0.123. The first kappa shape index (κ1) is 14.8. The minimum Gasteiger partial charge on any atom is -0.372 e. The van der Waals surface area contributed by atoms with E-state index in [9.17, 15) is 0 Å². The van der Waals surface area contributed by atoms with Gasteiger partial charge in [-0.1, -0.05) is 12.1 Å². The van der Waals surface area contributed by atoms with Crippen molar-refractivity contribution in [3.63, 3.8) is 0 Å². The zero-order valence-corrected chi connectivity index (χ0v) is 12.2. The molecule has 0 saturated heterocycles. The Morgan fingerprint density at radius 1 is 1.40 bits per heavy atom. The van der Waals surface area contributed by atoms with Crippen molar-refractivity contribution >= 4 is 18.0 Å². The number of benzene rings is 1. The Morgan fingerprint density at radius 2 is 2.15 bits per heavy atom. The first-order chi connectivity index (χ1) is 9.78. The molecular weight excluding hydrogens is 272 g/mol. The van der Waals surface area contributed by atoms with Gasteiger partial charge in [-0.2, -0.15) is 0 Å². The number of aromatic amines is 1. The summed E-state index contributed by atoms with van der Waals surface area (Å²) in [6.07, 6.45) is 3.32. The van der Waals surface area contributed by atoms with Gasteiger partial charge in [0.05, 0.1) is 18.0 Å². The van der Waals surface area contributed by atoms with Crippen LogP contribution in [0, 0.1) is 5.41 Å². The van der Waals surface area contributed by atoms with Crippen molar-refractivity contribution in [2.45, 2.75) is 11.5 Å². The van der Waals surface area contributed by atoms with Gasteiger partial charge in [-0.05, 0) is 18.4 Å². The molecule has 0 spiro atoms. The number of hydrogen-bond donors (Lipinski definition) is 3. The van der Waals surface area contributed by atoms with Crippen LogP contribution in [0.4, 0.5) is 0 Å². The van der Waals surface area contributed by atoms with Crippen molar-refractivity contribution in [2.24, 2.45) is 5.73 Å². The molecular formula is C14H18N4OS. The van der Waals surface area contributed by atoms with Gasteiger partial charge in [0.25, 0.3) is 0 Å². The number of imidazole rings is 1. The fourth-order valence-electron chi connectivity index (χ4n) is 1.83. The predicted octanol–water partition coefficient (Wildman–Crippen LogP) is 2.27. The van der Waals surface area contributed by atoms with E-state index in [1.54, 1.807) is 11.8 Å². The van der Waals surface area contributed by atoms with Crippen LogP contribution >= 0.6 is 11.8 Å². The Morgan fingerprint density at radius 3 is 2.75 bits per heavy atom. The molecule has 1 aromatic heterocycles. The molecule has 4 N–H and O–H groups in total. The number of nitrogens with zero attached hydrogens (tertiary/aromatic N) is 1. The topological polar surface area (TPSA) is 87.8 Å². The number of rotatable bonds is 7. The van der Waals surface area contributed by atoms with Crippen molar-refractivity contribution < 1.29 is 4.74 Å². The van der Waals surface area contributed by atoms with Crippen LogP contribution in [0.2, 0.25) is 0 Å². The summed E-state index contributed by atoms with van der Waals surface area (Å²) in [6.45, 7) is 1.36. The standard InChI is InChI=1S/C14H18N4OS/c1-20-11-4-2-10(3-5-11)14-12(8-16)17-13(18-14)9-19-7-6-15/h2-5,8,16H,6-7,9,15H2,1H3,(H,17,18). The van der Waals surface area contributed by atoms with Crippen LogP contribution in [0.3, 0.4) is 0 Å². The largest absolute Gasteiger partial charge is 0.372 e. The molecule has 0 radical (unpaired) electrons. The highest BCUT2D eigenvalue weighted by Crippen LogP contribution is 2.24. The maximum atomic E-state index is 7.48. The minimum absolute atomic E-state index is 0.376. The summed E-state index contributed by atoms with van der Waals surface area (Å²) in [7, 11) is 0. The number of hydrogen-bond acceptors (Lipinski definition) is 5. The molecule has 0 amide bonds. The van der Waals surface area contributed by atoms with E-state index in [2.05, 4.69) is 9.97 Å². The Kier molecular flexibility index (Phi) is 5.34. The van der Waals surface area contributed by atoms with Crippen molar-refractivity contribution in [3.8, 4) is 11.3 Å². The highest BCUT2D eigenvalue weighted by atomic mass is 32.2. The number of nitrogens with two attached hydrogens (primary N) is 1. The number of H-pyrrole nitrogens is 1. The lowest BCUT2D eigenvalue weighted by atomic mass is 10.1. The lowest BCUT2D eigenvalue weighted by Gasteiger charge is -2.00. The van der Waals surface area contributed by atoms with E-state index in [-0.39, 0.29) is 0 Å². The molecule has 5 nitrogen and oxygen atoms in total. The van der Waals surface area contributed by atoms with E-state index < -0.39 is 0 Å². The number of thioether (sulfide) groups is 1. The van der Waals surface area contributed by atoms with Gasteiger partial charge in [0.2, 0.25) is 0 Å². The lowest BCUT2D eigenvalue weighted by Crippen LogP contribution is -2.08. The van der Waals surface area contributed by atoms with Crippen molar-refractivity contribution in [1.82, 2.24) is 9.97 Å². The molecule has 0 aliphatic heterocycles. The Bertz CT molecular complexity index is 565. The second kappa shape index (κ2) is 7.23. The van der Waals surface area contributed by atoms with Crippen molar-refractivity contribution in [2.75, 3.05) is 19.4 Å². The van der Waals surface area contributed by atoms with Crippen LogP contribution in [0.15, 0.2) is 29.2 Å². The molecule has 0 saturated carbocycles. The molecule has 20 heavy (non-hydrogen) atoms. The molecule has 0 aliphatic carbocycles. The van der Waals surface area contributed by atoms with Gasteiger partial charge in [0.1, 0.15) is 12.4 Å². The first-order valence-corrected chi connectivity index (χ1v) is 7.52. The maximum absolute atomic E-state index is 7.48. The molecule has 106 valence electrons. The van der Waals surface area contributed by atoms with E-state index in [1.165, 1.54) is 11.1 Å². The highest BCUT2D eigenvalue weighted by molar-refractivity contribution is 7.98. The average molecular weight is 290 g/mol. The molecule has 2 aromatic rings. The molecule has 0 unspecified atom stereocenters. The summed E-state index contributed by atoms with van der Waals surface area (Å²) in [5.74, 6) is 0.709. The summed E-state index contributed by atoms with van der Waals surface area (Å²) < 4.78 is 5.36. The number of ether oxygens (including phenoxy) is 1. The van der Waals surface area contributed by atoms with Gasteiger partial charge in [-0.25, -0.2) is 4.98 Å². The van der Waals surface area contributed by atoms with Crippen LogP contribution in [0.25, 0.3) is 11.3 Å². The van der Waals surface area contributed by atoms with Crippen LogP contribution in [-0.2, 0) is 11.3 Å². The minimum atomic E-state index is 0.376. The summed E-state index contributed by atoms with van der Waals surface area (Å²) in [6, 6.07) is 8.12. The molecule has 6 heteroatoms. The van der Waals surface area contributed by atoms with E-state index >= 15 is 0 Å². The molecule has 2 rings (SSSR count).